The molecule has 0 saturated heterocycles. The number of amides is 1. The Morgan fingerprint density at radius 2 is 1.91 bits per heavy atom. The predicted molar refractivity (Wildman–Crippen MR) is 94.1 cm³/mol. The van der Waals surface area contributed by atoms with E-state index < -0.39 is 10.0 Å². The van der Waals surface area contributed by atoms with Gasteiger partial charge in [-0.05, 0) is 49.7 Å². The molecule has 2 aromatic rings. The van der Waals surface area contributed by atoms with Gasteiger partial charge in [-0.15, -0.1) is 0 Å². The standard InChI is InChI=1S/C16H17BrN2O3S/c1-3-18-16(20)15-10-14(8-7-11(15)2)23(21,22)19-13-6-4-5-12(17)9-13/h4-10,19H,3H2,1-2H3,(H,18,20). The van der Waals surface area contributed by atoms with E-state index in [1.54, 1.807) is 37.3 Å². The highest BCUT2D eigenvalue weighted by Crippen LogP contribution is 2.21. The van der Waals surface area contributed by atoms with Gasteiger partial charge in [0.05, 0.1) is 4.90 Å². The van der Waals surface area contributed by atoms with E-state index in [1.807, 2.05) is 6.92 Å². The summed E-state index contributed by atoms with van der Waals surface area (Å²) in [4.78, 5) is 12.1. The van der Waals surface area contributed by atoms with Gasteiger partial charge in [0.2, 0.25) is 0 Å². The molecule has 2 N–H and O–H groups in total. The van der Waals surface area contributed by atoms with E-state index in [1.165, 1.54) is 12.1 Å². The molecule has 0 atom stereocenters. The lowest BCUT2D eigenvalue weighted by Gasteiger charge is -2.11. The highest BCUT2D eigenvalue weighted by atomic mass is 79.9. The summed E-state index contributed by atoms with van der Waals surface area (Å²) >= 11 is 3.30. The minimum atomic E-state index is -3.77. The van der Waals surface area contributed by atoms with Crippen LogP contribution in [0.25, 0.3) is 0 Å². The predicted octanol–water partition coefficient (Wildman–Crippen LogP) is 3.31. The average Bonchev–Trinajstić information content (AvgIpc) is 2.47. The first kappa shape index (κ1) is 17.5. The van der Waals surface area contributed by atoms with Gasteiger partial charge < -0.3 is 5.32 Å². The molecule has 122 valence electrons. The van der Waals surface area contributed by atoms with Crippen LogP contribution in [0.3, 0.4) is 0 Å². The lowest BCUT2D eigenvalue weighted by Crippen LogP contribution is -2.24. The molecule has 0 fully saturated rings. The number of benzene rings is 2. The molecule has 0 bridgehead atoms. The van der Waals surface area contributed by atoms with Gasteiger partial charge in [0, 0.05) is 22.3 Å². The lowest BCUT2D eigenvalue weighted by molar-refractivity contribution is 0.0955. The number of carbonyl (C=O) groups is 1. The second kappa shape index (κ2) is 7.14. The lowest BCUT2D eigenvalue weighted by atomic mass is 10.1. The molecule has 0 aliphatic carbocycles. The third kappa shape index (κ3) is 4.33. The fourth-order valence-electron chi connectivity index (χ4n) is 2.03. The van der Waals surface area contributed by atoms with E-state index in [-0.39, 0.29) is 10.8 Å². The van der Waals surface area contributed by atoms with Gasteiger partial charge in [-0.3, -0.25) is 9.52 Å². The molecule has 0 aliphatic rings. The van der Waals surface area contributed by atoms with E-state index in [0.29, 0.717) is 17.8 Å². The molecule has 0 aliphatic heterocycles. The number of carbonyl (C=O) groups excluding carboxylic acids is 1. The Bertz CT molecular complexity index is 835. The largest absolute Gasteiger partial charge is 0.352 e. The number of hydrogen-bond donors (Lipinski definition) is 2. The summed E-state index contributed by atoms with van der Waals surface area (Å²) in [5, 5.41) is 2.68. The maximum atomic E-state index is 12.5. The molecule has 2 rings (SSSR count). The quantitative estimate of drug-likeness (QED) is 0.813. The minimum Gasteiger partial charge on any atom is -0.352 e. The summed E-state index contributed by atoms with van der Waals surface area (Å²) in [7, 11) is -3.77. The second-order valence-corrected chi connectivity index (χ2v) is 7.55. The molecular formula is C16H17BrN2O3S. The van der Waals surface area contributed by atoms with E-state index in [9.17, 15) is 13.2 Å². The molecule has 7 heteroatoms. The zero-order valence-electron chi connectivity index (χ0n) is 12.8. The van der Waals surface area contributed by atoms with E-state index >= 15 is 0 Å². The van der Waals surface area contributed by atoms with Crippen LogP contribution in [0.5, 0.6) is 0 Å². The Labute approximate surface area is 144 Å². The second-order valence-electron chi connectivity index (χ2n) is 4.95. The Morgan fingerprint density at radius 1 is 1.17 bits per heavy atom. The van der Waals surface area contributed by atoms with Crippen molar-refractivity contribution in [3.63, 3.8) is 0 Å². The van der Waals surface area contributed by atoms with Crippen molar-refractivity contribution in [3.8, 4) is 0 Å². The smallest absolute Gasteiger partial charge is 0.261 e. The van der Waals surface area contributed by atoms with Crippen molar-refractivity contribution in [1.82, 2.24) is 5.32 Å². The first-order valence-corrected chi connectivity index (χ1v) is 9.28. The van der Waals surface area contributed by atoms with Crippen LogP contribution in [0.15, 0.2) is 51.8 Å². The zero-order chi connectivity index (χ0) is 17.0. The van der Waals surface area contributed by atoms with Crippen LogP contribution >= 0.6 is 15.9 Å². The molecule has 0 saturated carbocycles. The molecule has 1 amide bonds. The monoisotopic (exact) mass is 396 g/mol. The van der Waals surface area contributed by atoms with Gasteiger partial charge in [-0.25, -0.2) is 8.42 Å². The summed E-state index contributed by atoms with van der Waals surface area (Å²) < 4.78 is 28.3. The van der Waals surface area contributed by atoms with Crippen molar-refractivity contribution >= 4 is 37.5 Å². The molecule has 0 spiro atoms. The third-order valence-electron chi connectivity index (χ3n) is 3.18. The van der Waals surface area contributed by atoms with Crippen LogP contribution in [-0.2, 0) is 10.0 Å². The van der Waals surface area contributed by atoms with Gasteiger partial charge in [-0.1, -0.05) is 28.1 Å². The topological polar surface area (TPSA) is 75.3 Å². The van der Waals surface area contributed by atoms with Crippen LogP contribution in [0, 0.1) is 6.92 Å². The zero-order valence-corrected chi connectivity index (χ0v) is 15.2. The maximum absolute atomic E-state index is 12.5. The van der Waals surface area contributed by atoms with Gasteiger partial charge in [0.15, 0.2) is 0 Å². The fourth-order valence-corrected chi connectivity index (χ4v) is 3.51. The van der Waals surface area contributed by atoms with Crippen LogP contribution in [0.2, 0.25) is 0 Å². The van der Waals surface area contributed by atoms with Crippen LogP contribution in [0.4, 0.5) is 5.69 Å². The van der Waals surface area contributed by atoms with E-state index in [0.717, 1.165) is 10.0 Å². The fraction of sp³-hybridized carbons (Fsp3) is 0.188. The third-order valence-corrected chi connectivity index (χ3v) is 5.05. The Hall–Kier alpha value is -1.86. The van der Waals surface area contributed by atoms with Gasteiger partial charge >= 0.3 is 0 Å². The van der Waals surface area contributed by atoms with Crippen molar-refractivity contribution in [2.45, 2.75) is 18.7 Å². The number of halogens is 1. The molecule has 0 aromatic heterocycles. The number of rotatable bonds is 5. The van der Waals surface area contributed by atoms with Crippen LogP contribution in [0.1, 0.15) is 22.8 Å². The number of hydrogen-bond acceptors (Lipinski definition) is 3. The van der Waals surface area contributed by atoms with Crippen molar-refractivity contribution in [3.05, 3.63) is 58.1 Å². The Morgan fingerprint density at radius 3 is 2.57 bits per heavy atom. The van der Waals surface area contributed by atoms with Gasteiger partial charge in [-0.2, -0.15) is 0 Å². The van der Waals surface area contributed by atoms with Crippen molar-refractivity contribution in [1.29, 1.82) is 0 Å². The Balaban J connectivity index is 2.36. The summed E-state index contributed by atoms with van der Waals surface area (Å²) in [6, 6.07) is 11.4. The van der Waals surface area contributed by atoms with Gasteiger partial charge in [0.1, 0.15) is 0 Å². The number of nitrogens with one attached hydrogen (secondary N) is 2. The molecule has 5 nitrogen and oxygen atoms in total. The van der Waals surface area contributed by atoms with Crippen LogP contribution in [-0.4, -0.2) is 20.9 Å². The summed E-state index contributed by atoms with van der Waals surface area (Å²) in [5.41, 5.74) is 1.51. The van der Waals surface area contributed by atoms with Crippen molar-refractivity contribution < 1.29 is 13.2 Å². The van der Waals surface area contributed by atoms with E-state index in [4.69, 9.17) is 0 Å². The Kier molecular flexibility index (Phi) is 5.43. The number of sulfonamides is 1. The van der Waals surface area contributed by atoms with Crippen molar-refractivity contribution in [2.75, 3.05) is 11.3 Å². The molecular weight excluding hydrogens is 380 g/mol. The molecule has 2 aromatic carbocycles. The molecule has 0 unspecified atom stereocenters. The number of aryl methyl sites for hydroxylation is 1. The summed E-state index contributed by atoms with van der Waals surface area (Å²) in [6.07, 6.45) is 0. The summed E-state index contributed by atoms with van der Waals surface area (Å²) in [6.45, 7) is 4.05. The molecule has 23 heavy (non-hydrogen) atoms. The highest BCUT2D eigenvalue weighted by molar-refractivity contribution is 9.10. The highest BCUT2D eigenvalue weighted by Gasteiger charge is 2.18. The average molecular weight is 397 g/mol. The first-order valence-electron chi connectivity index (χ1n) is 7.00. The number of anilines is 1. The minimum absolute atomic E-state index is 0.0457. The summed E-state index contributed by atoms with van der Waals surface area (Å²) in [5.74, 6) is -0.287. The van der Waals surface area contributed by atoms with E-state index in [2.05, 4.69) is 26.0 Å². The SMILES string of the molecule is CCNC(=O)c1cc(S(=O)(=O)Nc2cccc(Br)c2)ccc1C. The normalized spacial score (nSPS) is 11.1. The maximum Gasteiger partial charge on any atom is 0.261 e. The molecule has 0 heterocycles. The van der Waals surface area contributed by atoms with Gasteiger partial charge in [0.25, 0.3) is 15.9 Å². The molecule has 0 radical (unpaired) electrons. The van der Waals surface area contributed by atoms with Crippen molar-refractivity contribution in [2.24, 2.45) is 0 Å². The van der Waals surface area contributed by atoms with Crippen LogP contribution < -0.4 is 10.0 Å². The first-order chi connectivity index (χ1) is 10.8.